The second-order valence-electron chi connectivity index (χ2n) is 8.34. The van der Waals surface area contributed by atoms with Gasteiger partial charge in [0.2, 0.25) is 0 Å². The molecular formula is C21H30N6O3. The fourth-order valence-electron chi connectivity index (χ4n) is 4.45. The molecular weight excluding hydrogens is 384 g/mol. The van der Waals surface area contributed by atoms with Gasteiger partial charge in [-0.25, -0.2) is 9.48 Å². The maximum absolute atomic E-state index is 12.5. The summed E-state index contributed by atoms with van der Waals surface area (Å²) in [5.41, 5.74) is 1.42. The summed E-state index contributed by atoms with van der Waals surface area (Å²) in [6, 6.07) is 3.45. The minimum Gasteiger partial charge on any atom is -0.370 e. The molecule has 1 unspecified atom stereocenters. The Morgan fingerprint density at radius 2 is 1.90 bits per heavy atom. The molecule has 1 aliphatic carbocycles. The highest BCUT2D eigenvalue weighted by Crippen LogP contribution is 2.18. The second-order valence-corrected chi connectivity index (χ2v) is 8.34. The van der Waals surface area contributed by atoms with Gasteiger partial charge in [-0.1, -0.05) is 6.42 Å². The van der Waals surface area contributed by atoms with Crippen LogP contribution in [-0.2, 0) is 26.4 Å². The van der Waals surface area contributed by atoms with Crippen LogP contribution in [0.2, 0.25) is 0 Å². The van der Waals surface area contributed by atoms with E-state index < -0.39 is 5.69 Å². The normalized spacial score (nSPS) is 19.4. The summed E-state index contributed by atoms with van der Waals surface area (Å²) in [6.07, 6.45) is 7.51. The zero-order valence-corrected chi connectivity index (χ0v) is 17.5. The number of hydrogen-bond acceptors (Lipinski definition) is 6. The molecule has 0 saturated carbocycles. The lowest BCUT2D eigenvalue weighted by molar-refractivity contribution is 0.147. The number of aromatic amines is 1. The van der Waals surface area contributed by atoms with Crippen LogP contribution >= 0.6 is 0 Å². The van der Waals surface area contributed by atoms with Crippen LogP contribution in [0.4, 0.5) is 5.82 Å². The Morgan fingerprint density at radius 3 is 2.73 bits per heavy atom. The van der Waals surface area contributed by atoms with Gasteiger partial charge in [0.25, 0.3) is 11.1 Å². The van der Waals surface area contributed by atoms with Crippen LogP contribution < -0.4 is 22.1 Å². The molecule has 0 aromatic carbocycles. The third-order valence-corrected chi connectivity index (χ3v) is 6.29. The highest BCUT2D eigenvalue weighted by atomic mass is 16.2. The van der Waals surface area contributed by atoms with Crippen LogP contribution in [-0.4, -0.2) is 49.9 Å². The number of aromatic nitrogens is 4. The lowest BCUT2D eigenvalue weighted by Crippen LogP contribution is -2.46. The summed E-state index contributed by atoms with van der Waals surface area (Å²) < 4.78 is 2.66. The van der Waals surface area contributed by atoms with Crippen molar-refractivity contribution >= 4 is 5.82 Å². The third kappa shape index (κ3) is 4.56. The van der Waals surface area contributed by atoms with Gasteiger partial charge in [0, 0.05) is 38.3 Å². The van der Waals surface area contributed by atoms with E-state index in [1.807, 2.05) is 0 Å². The van der Waals surface area contributed by atoms with E-state index in [1.54, 1.807) is 10.7 Å². The van der Waals surface area contributed by atoms with Crippen molar-refractivity contribution in [1.82, 2.24) is 24.2 Å². The largest absolute Gasteiger partial charge is 0.370 e. The fourth-order valence-corrected chi connectivity index (χ4v) is 4.45. The van der Waals surface area contributed by atoms with Crippen molar-refractivity contribution in [2.75, 3.05) is 25.0 Å². The molecule has 0 bridgehead atoms. The van der Waals surface area contributed by atoms with Gasteiger partial charge in [0.05, 0.1) is 12.2 Å². The van der Waals surface area contributed by atoms with Gasteiger partial charge in [-0.15, -0.1) is 0 Å². The van der Waals surface area contributed by atoms with Crippen molar-refractivity contribution in [2.24, 2.45) is 7.05 Å². The molecule has 1 saturated heterocycles. The van der Waals surface area contributed by atoms with Crippen molar-refractivity contribution in [3.8, 4) is 0 Å². The molecule has 1 atom stereocenters. The summed E-state index contributed by atoms with van der Waals surface area (Å²) >= 11 is 0. The minimum absolute atomic E-state index is 0.0139. The first-order valence-electron chi connectivity index (χ1n) is 10.9. The monoisotopic (exact) mass is 414 g/mol. The standard InChI is InChI=1S/C21H30N6O3/c1-25-19(28)13-18(23-21(25)30)22-14-16-7-4-5-9-26(16)10-11-27-20(29)12-15-6-2-3-8-17(15)24-27/h12-13,16,22H,2-11,14H2,1H3,(H,23,30). The molecule has 2 aliphatic rings. The third-order valence-electron chi connectivity index (χ3n) is 6.29. The van der Waals surface area contributed by atoms with Crippen LogP contribution in [0.5, 0.6) is 0 Å². The predicted molar refractivity (Wildman–Crippen MR) is 115 cm³/mol. The predicted octanol–water partition coefficient (Wildman–Crippen LogP) is 0.476. The highest BCUT2D eigenvalue weighted by molar-refractivity contribution is 5.32. The van der Waals surface area contributed by atoms with Crippen molar-refractivity contribution in [3.63, 3.8) is 0 Å². The molecule has 30 heavy (non-hydrogen) atoms. The Balaban J connectivity index is 1.40. The van der Waals surface area contributed by atoms with Crippen molar-refractivity contribution < 1.29 is 0 Å². The van der Waals surface area contributed by atoms with E-state index in [2.05, 4.69) is 20.3 Å². The lowest BCUT2D eigenvalue weighted by atomic mass is 9.97. The summed E-state index contributed by atoms with van der Waals surface area (Å²) in [4.78, 5) is 41.1. The van der Waals surface area contributed by atoms with E-state index in [-0.39, 0.29) is 17.2 Å². The van der Waals surface area contributed by atoms with E-state index in [9.17, 15) is 14.4 Å². The van der Waals surface area contributed by atoms with Gasteiger partial charge in [-0.05, 0) is 50.6 Å². The Hall–Kier alpha value is -2.68. The summed E-state index contributed by atoms with van der Waals surface area (Å²) in [7, 11) is 1.45. The van der Waals surface area contributed by atoms with Gasteiger partial charge >= 0.3 is 5.69 Å². The number of fused-ring (bicyclic) bond motifs is 1. The van der Waals surface area contributed by atoms with Crippen LogP contribution in [0, 0.1) is 0 Å². The number of aryl methyl sites for hydroxylation is 2. The first kappa shape index (κ1) is 20.6. The van der Waals surface area contributed by atoms with Crippen LogP contribution in [0.25, 0.3) is 0 Å². The molecule has 0 spiro atoms. The molecule has 162 valence electrons. The van der Waals surface area contributed by atoms with Crippen LogP contribution in [0.15, 0.2) is 26.5 Å². The Bertz CT molecular complexity index is 1040. The number of rotatable bonds is 6. The minimum atomic E-state index is -0.427. The first-order valence-corrected chi connectivity index (χ1v) is 10.9. The molecule has 9 nitrogen and oxygen atoms in total. The quantitative estimate of drug-likeness (QED) is 0.712. The van der Waals surface area contributed by atoms with E-state index >= 15 is 0 Å². The number of nitrogens with zero attached hydrogens (tertiary/aromatic N) is 4. The van der Waals surface area contributed by atoms with Crippen LogP contribution in [0.3, 0.4) is 0 Å². The van der Waals surface area contributed by atoms with Gasteiger partial charge in [-0.2, -0.15) is 5.10 Å². The molecule has 1 aliphatic heterocycles. The molecule has 3 heterocycles. The van der Waals surface area contributed by atoms with Gasteiger partial charge in [0.15, 0.2) is 0 Å². The molecule has 0 amide bonds. The van der Waals surface area contributed by atoms with Gasteiger partial charge in [0.1, 0.15) is 5.82 Å². The zero-order chi connectivity index (χ0) is 21.1. The van der Waals surface area contributed by atoms with Crippen LogP contribution in [0.1, 0.15) is 43.4 Å². The molecule has 2 aromatic heterocycles. The number of piperidine rings is 1. The van der Waals surface area contributed by atoms with E-state index in [0.29, 0.717) is 18.9 Å². The smallest absolute Gasteiger partial charge is 0.329 e. The second kappa shape index (κ2) is 8.99. The molecule has 9 heteroatoms. The molecule has 1 fully saturated rings. The molecule has 4 rings (SSSR count). The van der Waals surface area contributed by atoms with E-state index in [0.717, 1.165) is 73.9 Å². The number of anilines is 1. The van der Waals surface area contributed by atoms with Gasteiger partial charge in [-0.3, -0.25) is 24.0 Å². The first-order chi connectivity index (χ1) is 14.5. The Morgan fingerprint density at radius 1 is 1.07 bits per heavy atom. The maximum atomic E-state index is 12.5. The SMILES string of the molecule is Cn1c(=O)cc(NCC2CCCCN2CCn2nc3c(cc2=O)CCCC3)[nH]c1=O. The van der Waals surface area contributed by atoms with Crippen molar-refractivity contribution in [3.05, 3.63) is 54.6 Å². The lowest BCUT2D eigenvalue weighted by Gasteiger charge is -2.36. The summed E-state index contributed by atoms with van der Waals surface area (Å²) in [5.74, 6) is 0.446. The highest BCUT2D eigenvalue weighted by Gasteiger charge is 2.23. The Labute approximate surface area is 174 Å². The molecule has 0 radical (unpaired) electrons. The van der Waals surface area contributed by atoms with Crippen molar-refractivity contribution in [2.45, 2.75) is 57.5 Å². The van der Waals surface area contributed by atoms with E-state index in [4.69, 9.17) is 0 Å². The summed E-state index contributed by atoms with van der Waals surface area (Å²) in [5, 5.41) is 7.84. The number of H-pyrrole nitrogens is 1. The van der Waals surface area contributed by atoms with E-state index in [1.165, 1.54) is 13.1 Å². The number of nitrogens with one attached hydrogen (secondary N) is 2. The van der Waals surface area contributed by atoms with Gasteiger partial charge < -0.3 is 5.32 Å². The molecule has 2 aromatic rings. The topological polar surface area (TPSA) is 105 Å². The number of hydrogen-bond donors (Lipinski definition) is 2. The maximum Gasteiger partial charge on any atom is 0.329 e. The number of likely N-dealkylation sites (tertiary alicyclic amines) is 1. The van der Waals surface area contributed by atoms with Crippen molar-refractivity contribution in [1.29, 1.82) is 0 Å². The zero-order valence-electron chi connectivity index (χ0n) is 17.5. The Kier molecular flexibility index (Phi) is 6.17. The summed E-state index contributed by atoms with van der Waals surface area (Å²) in [6.45, 7) is 2.94. The average molecular weight is 415 g/mol. The average Bonchev–Trinajstić information content (AvgIpc) is 2.75. The fraction of sp³-hybridized carbons (Fsp3) is 0.619. The molecule has 2 N–H and O–H groups in total.